The number of likely N-dealkylation sites (N-methyl/N-ethyl adjacent to an activating group) is 1. The average molecular weight is 291 g/mol. The lowest BCUT2D eigenvalue weighted by Gasteiger charge is -2.39. The lowest BCUT2D eigenvalue weighted by Crippen LogP contribution is -2.51. The third-order valence-corrected chi connectivity index (χ3v) is 4.83. The van der Waals surface area contributed by atoms with E-state index in [1.54, 1.807) is 11.3 Å². The molecule has 2 N–H and O–H groups in total. The number of fused-ring (bicyclic) bond motifs is 1. The first-order chi connectivity index (χ1) is 9.67. The summed E-state index contributed by atoms with van der Waals surface area (Å²) in [6.07, 6.45) is 0. The highest BCUT2D eigenvalue weighted by Crippen LogP contribution is 2.23. The Morgan fingerprint density at radius 2 is 2.25 bits per heavy atom. The van der Waals surface area contributed by atoms with Crippen molar-refractivity contribution in [2.45, 2.75) is 26.4 Å². The highest BCUT2D eigenvalue weighted by atomic mass is 32.1. The van der Waals surface area contributed by atoms with E-state index >= 15 is 0 Å². The zero-order chi connectivity index (χ0) is 14.1. The quantitative estimate of drug-likeness (QED) is 0.934. The van der Waals surface area contributed by atoms with Gasteiger partial charge in [0.15, 0.2) is 0 Å². The maximum Gasteiger partial charge on any atom is 0.146 e. The Morgan fingerprint density at radius 3 is 3.00 bits per heavy atom. The molecule has 3 rings (SSSR count). The predicted octanol–water partition coefficient (Wildman–Crippen LogP) is 1.80. The van der Waals surface area contributed by atoms with Crippen molar-refractivity contribution in [3.05, 3.63) is 17.3 Å². The minimum absolute atomic E-state index is 0.594. The first-order valence-electron chi connectivity index (χ1n) is 7.13. The molecule has 1 aliphatic rings. The van der Waals surface area contributed by atoms with E-state index in [9.17, 15) is 0 Å². The van der Waals surface area contributed by atoms with E-state index in [0.717, 1.165) is 48.8 Å². The summed E-state index contributed by atoms with van der Waals surface area (Å²) in [4.78, 5) is 15.0. The molecule has 0 bridgehead atoms. The van der Waals surface area contributed by atoms with Crippen molar-refractivity contribution in [3.63, 3.8) is 0 Å². The van der Waals surface area contributed by atoms with Gasteiger partial charge in [-0.3, -0.25) is 9.80 Å². The summed E-state index contributed by atoms with van der Waals surface area (Å²) in [5, 5.41) is 2.99. The number of hydrogen-bond acceptors (Lipinski definition) is 6. The molecule has 0 radical (unpaired) electrons. The van der Waals surface area contributed by atoms with E-state index in [4.69, 9.17) is 5.73 Å². The molecule has 0 spiro atoms. The van der Waals surface area contributed by atoms with Gasteiger partial charge in [0.05, 0.1) is 11.9 Å². The summed E-state index contributed by atoms with van der Waals surface area (Å²) >= 11 is 1.62. The van der Waals surface area contributed by atoms with Crippen LogP contribution in [0.3, 0.4) is 0 Å². The molecule has 0 aromatic carbocycles. The van der Waals surface area contributed by atoms with E-state index in [2.05, 4.69) is 33.6 Å². The van der Waals surface area contributed by atoms with Gasteiger partial charge >= 0.3 is 0 Å². The van der Waals surface area contributed by atoms with Gasteiger partial charge in [0.1, 0.15) is 16.5 Å². The SMILES string of the molecule is CCN1CCN(Cc2nc(N)c3ccsc3n2)CC1C. The number of nitrogens with two attached hydrogens (primary N) is 1. The predicted molar refractivity (Wildman–Crippen MR) is 83.8 cm³/mol. The monoisotopic (exact) mass is 291 g/mol. The van der Waals surface area contributed by atoms with E-state index in [0.29, 0.717) is 11.9 Å². The number of rotatable bonds is 3. The van der Waals surface area contributed by atoms with Crippen molar-refractivity contribution >= 4 is 27.4 Å². The molecule has 2 aromatic rings. The van der Waals surface area contributed by atoms with Crippen LogP contribution in [0.1, 0.15) is 19.7 Å². The van der Waals surface area contributed by atoms with Crippen LogP contribution in [0.5, 0.6) is 0 Å². The number of nitrogen functional groups attached to an aromatic ring is 1. The van der Waals surface area contributed by atoms with Crippen LogP contribution in [0.25, 0.3) is 10.2 Å². The number of piperazine rings is 1. The molecule has 0 amide bonds. The summed E-state index contributed by atoms with van der Waals surface area (Å²) in [6.45, 7) is 9.69. The lowest BCUT2D eigenvalue weighted by molar-refractivity contribution is 0.0819. The van der Waals surface area contributed by atoms with Crippen LogP contribution in [0.2, 0.25) is 0 Å². The highest BCUT2D eigenvalue weighted by Gasteiger charge is 2.23. The second-order valence-electron chi connectivity index (χ2n) is 5.38. The third kappa shape index (κ3) is 2.63. The first-order valence-corrected chi connectivity index (χ1v) is 8.01. The second kappa shape index (κ2) is 5.63. The molecule has 20 heavy (non-hydrogen) atoms. The van der Waals surface area contributed by atoms with Crippen molar-refractivity contribution in [2.24, 2.45) is 0 Å². The smallest absolute Gasteiger partial charge is 0.146 e. The molecule has 1 fully saturated rings. The van der Waals surface area contributed by atoms with E-state index in [1.807, 2.05) is 11.4 Å². The maximum atomic E-state index is 6.01. The summed E-state index contributed by atoms with van der Waals surface area (Å²) in [5.41, 5.74) is 6.01. The van der Waals surface area contributed by atoms with Crippen molar-refractivity contribution < 1.29 is 0 Å². The first kappa shape index (κ1) is 13.7. The number of anilines is 1. The minimum atomic E-state index is 0.594. The number of thiophene rings is 1. The zero-order valence-corrected chi connectivity index (χ0v) is 12.9. The van der Waals surface area contributed by atoms with Gasteiger partial charge in [-0.15, -0.1) is 11.3 Å². The van der Waals surface area contributed by atoms with Crippen LogP contribution in [-0.2, 0) is 6.54 Å². The van der Waals surface area contributed by atoms with Crippen molar-refractivity contribution in [3.8, 4) is 0 Å². The van der Waals surface area contributed by atoms with Crippen LogP contribution >= 0.6 is 11.3 Å². The topological polar surface area (TPSA) is 58.3 Å². The molecule has 5 nitrogen and oxygen atoms in total. The standard InChI is InChI=1S/C14H21N5S/c1-3-19-6-5-18(8-10(19)2)9-12-16-13(15)11-4-7-20-14(11)17-12/h4,7,10H,3,5-6,8-9H2,1-2H3,(H2,15,16,17). The molecule has 0 saturated carbocycles. The number of hydrogen-bond donors (Lipinski definition) is 1. The average Bonchev–Trinajstić information content (AvgIpc) is 2.88. The summed E-state index contributed by atoms with van der Waals surface area (Å²) in [6, 6.07) is 2.58. The molecule has 1 atom stereocenters. The molecule has 2 aromatic heterocycles. The van der Waals surface area contributed by atoms with Gasteiger partial charge in [0.2, 0.25) is 0 Å². The molecular weight excluding hydrogens is 270 g/mol. The Kier molecular flexibility index (Phi) is 3.87. The van der Waals surface area contributed by atoms with Gasteiger partial charge in [-0.25, -0.2) is 9.97 Å². The van der Waals surface area contributed by atoms with Crippen LogP contribution < -0.4 is 5.73 Å². The van der Waals surface area contributed by atoms with Gasteiger partial charge in [-0.1, -0.05) is 6.92 Å². The molecule has 108 valence electrons. The highest BCUT2D eigenvalue weighted by molar-refractivity contribution is 7.16. The fourth-order valence-electron chi connectivity index (χ4n) is 2.88. The third-order valence-electron chi connectivity index (χ3n) is 4.02. The summed E-state index contributed by atoms with van der Waals surface area (Å²) in [5.74, 6) is 1.45. The Bertz CT molecular complexity index is 596. The molecular formula is C14H21N5S. The molecule has 0 aliphatic carbocycles. The summed E-state index contributed by atoms with van der Waals surface area (Å²) < 4.78 is 0. The number of aromatic nitrogens is 2. The van der Waals surface area contributed by atoms with Crippen molar-refractivity contribution in [1.82, 2.24) is 19.8 Å². The Labute approximate surface area is 123 Å². The van der Waals surface area contributed by atoms with Crippen LogP contribution in [0.15, 0.2) is 11.4 Å². The molecule has 1 saturated heterocycles. The second-order valence-corrected chi connectivity index (χ2v) is 6.27. The van der Waals surface area contributed by atoms with Crippen molar-refractivity contribution in [2.75, 3.05) is 31.9 Å². The molecule has 1 unspecified atom stereocenters. The van der Waals surface area contributed by atoms with Crippen LogP contribution in [0.4, 0.5) is 5.82 Å². The molecule has 1 aliphatic heterocycles. The maximum absolute atomic E-state index is 6.01. The fourth-order valence-corrected chi connectivity index (χ4v) is 3.67. The normalized spacial score (nSPS) is 21.6. The number of nitrogens with zero attached hydrogens (tertiary/aromatic N) is 4. The Morgan fingerprint density at radius 1 is 1.40 bits per heavy atom. The van der Waals surface area contributed by atoms with Gasteiger partial charge in [-0.2, -0.15) is 0 Å². The van der Waals surface area contributed by atoms with E-state index < -0.39 is 0 Å². The minimum Gasteiger partial charge on any atom is -0.383 e. The van der Waals surface area contributed by atoms with Gasteiger partial charge < -0.3 is 5.73 Å². The summed E-state index contributed by atoms with van der Waals surface area (Å²) in [7, 11) is 0. The van der Waals surface area contributed by atoms with Gasteiger partial charge in [0, 0.05) is 25.7 Å². The van der Waals surface area contributed by atoms with Crippen LogP contribution in [-0.4, -0.2) is 52.0 Å². The lowest BCUT2D eigenvalue weighted by atomic mass is 10.2. The molecule has 6 heteroatoms. The largest absolute Gasteiger partial charge is 0.383 e. The van der Waals surface area contributed by atoms with Gasteiger partial charge in [0.25, 0.3) is 0 Å². The Hall–Kier alpha value is -1.24. The van der Waals surface area contributed by atoms with E-state index in [1.165, 1.54) is 0 Å². The fraction of sp³-hybridized carbons (Fsp3) is 0.571. The van der Waals surface area contributed by atoms with E-state index in [-0.39, 0.29) is 0 Å². The molecule has 3 heterocycles. The zero-order valence-electron chi connectivity index (χ0n) is 12.0. The van der Waals surface area contributed by atoms with Gasteiger partial charge in [-0.05, 0) is 24.9 Å². The van der Waals surface area contributed by atoms with Crippen LogP contribution in [0, 0.1) is 0 Å². The Balaban J connectivity index is 1.73. The van der Waals surface area contributed by atoms with Crippen molar-refractivity contribution in [1.29, 1.82) is 0 Å².